The van der Waals surface area contributed by atoms with Crippen LogP contribution in [0.3, 0.4) is 0 Å². The molecule has 6 heteroatoms. The van der Waals surface area contributed by atoms with E-state index in [1.807, 2.05) is 0 Å². The SMILES string of the molecule is Cc1cc(NC2(CO)CCCC(C)C2)c([N+](=O)[O-])cc1F. The van der Waals surface area contributed by atoms with Gasteiger partial charge < -0.3 is 10.4 Å². The van der Waals surface area contributed by atoms with Gasteiger partial charge >= 0.3 is 0 Å². The Morgan fingerprint density at radius 3 is 2.86 bits per heavy atom. The quantitative estimate of drug-likeness (QED) is 0.659. The van der Waals surface area contributed by atoms with Gasteiger partial charge in [-0.05, 0) is 37.3 Å². The van der Waals surface area contributed by atoms with Gasteiger partial charge in [-0.1, -0.05) is 19.8 Å². The number of nitrogens with one attached hydrogen (secondary N) is 1. The van der Waals surface area contributed by atoms with Gasteiger partial charge in [-0.3, -0.25) is 10.1 Å². The molecular formula is C15H21FN2O3. The topological polar surface area (TPSA) is 75.4 Å². The summed E-state index contributed by atoms with van der Waals surface area (Å²) in [6, 6.07) is 2.39. The first-order valence-corrected chi connectivity index (χ1v) is 7.20. The van der Waals surface area contributed by atoms with Crippen molar-refractivity contribution >= 4 is 11.4 Å². The molecule has 0 saturated heterocycles. The Bertz CT molecular complexity index is 550. The van der Waals surface area contributed by atoms with Crippen LogP contribution in [0.4, 0.5) is 15.8 Å². The van der Waals surface area contributed by atoms with Crippen molar-refractivity contribution in [1.82, 2.24) is 0 Å². The van der Waals surface area contributed by atoms with Crippen LogP contribution >= 0.6 is 0 Å². The van der Waals surface area contributed by atoms with E-state index in [1.54, 1.807) is 6.92 Å². The highest BCUT2D eigenvalue weighted by molar-refractivity contribution is 5.64. The standard InChI is InChI=1S/C15H21FN2O3/c1-10-4-3-5-15(8-10,9-19)17-13-6-11(2)12(16)7-14(13)18(20)21/h6-7,10,17,19H,3-5,8-9H2,1-2H3. The molecule has 0 aromatic heterocycles. The molecule has 2 N–H and O–H groups in total. The summed E-state index contributed by atoms with van der Waals surface area (Å²) in [6.45, 7) is 3.58. The highest BCUT2D eigenvalue weighted by atomic mass is 19.1. The number of nitro groups is 1. The van der Waals surface area contributed by atoms with E-state index in [2.05, 4.69) is 12.2 Å². The molecule has 116 valence electrons. The van der Waals surface area contributed by atoms with E-state index in [1.165, 1.54) is 6.07 Å². The van der Waals surface area contributed by atoms with Crippen LogP contribution in [0.5, 0.6) is 0 Å². The Balaban J connectivity index is 2.37. The van der Waals surface area contributed by atoms with E-state index in [0.717, 1.165) is 31.7 Å². The number of nitro benzene ring substituents is 1. The molecule has 1 aromatic rings. The Morgan fingerprint density at radius 2 is 2.29 bits per heavy atom. The fourth-order valence-electron chi connectivity index (χ4n) is 3.16. The van der Waals surface area contributed by atoms with Crippen molar-refractivity contribution in [2.24, 2.45) is 5.92 Å². The summed E-state index contributed by atoms with van der Waals surface area (Å²) >= 11 is 0. The van der Waals surface area contributed by atoms with Crippen molar-refractivity contribution in [3.8, 4) is 0 Å². The molecule has 0 bridgehead atoms. The van der Waals surface area contributed by atoms with E-state index in [9.17, 15) is 19.6 Å². The first-order chi connectivity index (χ1) is 9.87. The predicted octanol–water partition coefficient (Wildman–Crippen LogP) is 3.40. The molecule has 21 heavy (non-hydrogen) atoms. The second kappa shape index (κ2) is 5.97. The van der Waals surface area contributed by atoms with Crippen molar-refractivity contribution in [1.29, 1.82) is 0 Å². The molecule has 1 fully saturated rings. The van der Waals surface area contributed by atoms with Crippen molar-refractivity contribution < 1.29 is 14.4 Å². The lowest BCUT2D eigenvalue weighted by Gasteiger charge is -2.40. The van der Waals surface area contributed by atoms with E-state index in [4.69, 9.17) is 0 Å². The van der Waals surface area contributed by atoms with Crippen molar-refractivity contribution in [3.63, 3.8) is 0 Å². The third kappa shape index (κ3) is 3.32. The summed E-state index contributed by atoms with van der Waals surface area (Å²) in [5.74, 6) is -0.152. The molecule has 0 radical (unpaired) electrons. The highest BCUT2D eigenvalue weighted by Gasteiger charge is 2.36. The van der Waals surface area contributed by atoms with Gasteiger partial charge in [0.1, 0.15) is 11.5 Å². The normalized spacial score (nSPS) is 25.6. The summed E-state index contributed by atoms with van der Waals surface area (Å²) in [5, 5.41) is 24.0. The molecule has 2 rings (SSSR count). The zero-order chi connectivity index (χ0) is 15.6. The minimum absolute atomic E-state index is 0.0923. The monoisotopic (exact) mass is 296 g/mol. The summed E-state index contributed by atoms with van der Waals surface area (Å²) < 4.78 is 13.6. The fourth-order valence-corrected chi connectivity index (χ4v) is 3.16. The molecule has 0 heterocycles. The Kier molecular flexibility index (Phi) is 4.46. The van der Waals surface area contributed by atoms with Gasteiger partial charge in [0.05, 0.1) is 23.1 Å². The fraction of sp³-hybridized carbons (Fsp3) is 0.600. The molecule has 0 amide bonds. The molecule has 1 aliphatic carbocycles. The lowest BCUT2D eigenvalue weighted by molar-refractivity contribution is -0.384. The molecular weight excluding hydrogens is 275 g/mol. The van der Waals surface area contributed by atoms with Gasteiger partial charge in [0, 0.05) is 0 Å². The Labute approximate surface area is 123 Å². The average Bonchev–Trinajstić information content (AvgIpc) is 2.42. The first-order valence-electron chi connectivity index (χ1n) is 7.20. The zero-order valence-corrected chi connectivity index (χ0v) is 12.4. The molecule has 1 saturated carbocycles. The van der Waals surface area contributed by atoms with Crippen LogP contribution in [0, 0.1) is 28.8 Å². The number of nitrogens with zero attached hydrogens (tertiary/aromatic N) is 1. The van der Waals surface area contributed by atoms with Crippen molar-refractivity contribution in [2.75, 3.05) is 11.9 Å². The predicted molar refractivity (Wildman–Crippen MR) is 78.9 cm³/mol. The number of aliphatic hydroxyl groups excluding tert-OH is 1. The Hall–Kier alpha value is -1.69. The number of benzene rings is 1. The number of aliphatic hydroxyl groups is 1. The van der Waals surface area contributed by atoms with E-state index < -0.39 is 16.3 Å². The molecule has 0 aliphatic heterocycles. The van der Waals surface area contributed by atoms with Gasteiger partial charge in [-0.2, -0.15) is 0 Å². The summed E-state index contributed by atoms with van der Waals surface area (Å²) in [4.78, 5) is 10.5. The van der Waals surface area contributed by atoms with Gasteiger partial charge in [-0.15, -0.1) is 0 Å². The number of hydrogen-bond donors (Lipinski definition) is 2. The molecule has 5 nitrogen and oxygen atoms in total. The molecule has 2 atom stereocenters. The van der Waals surface area contributed by atoms with Gasteiger partial charge in [0.25, 0.3) is 5.69 Å². The van der Waals surface area contributed by atoms with E-state index in [-0.39, 0.29) is 18.0 Å². The second-order valence-electron chi connectivity index (χ2n) is 6.14. The maximum absolute atomic E-state index is 13.6. The van der Waals surface area contributed by atoms with Gasteiger partial charge in [0.2, 0.25) is 0 Å². The number of hydrogen-bond acceptors (Lipinski definition) is 4. The minimum Gasteiger partial charge on any atom is -0.394 e. The summed E-state index contributed by atoms with van der Waals surface area (Å²) in [6.07, 6.45) is 3.55. The number of aryl methyl sites for hydroxylation is 1. The molecule has 1 aromatic carbocycles. The summed E-state index contributed by atoms with van der Waals surface area (Å²) in [5.41, 5.74) is -0.224. The smallest absolute Gasteiger partial charge is 0.295 e. The molecule has 2 unspecified atom stereocenters. The lowest BCUT2D eigenvalue weighted by Crippen LogP contribution is -2.46. The third-order valence-electron chi connectivity index (χ3n) is 4.27. The third-order valence-corrected chi connectivity index (χ3v) is 4.27. The highest BCUT2D eigenvalue weighted by Crippen LogP contribution is 2.37. The number of anilines is 1. The van der Waals surface area contributed by atoms with Gasteiger partial charge in [-0.25, -0.2) is 4.39 Å². The van der Waals surface area contributed by atoms with Crippen molar-refractivity contribution in [3.05, 3.63) is 33.6 Å². The van der Waals surface area contributed by atoms with Crippen molar-refractivity contribution in [2.45, 2.75) is 45.1 Å². The molecule has 0 spiro atoms. The number of rotatable bonds is 4. The maximum atomic E-state index is 13.6. The number of halogens is 1. The Morgan fingerprint density at radius 1 is 1.57 bits per heavy atom. The minimum atomic E-state index is -0.595. The first kappa shape index (κ1) is 15.7. The maximum Gasteiger partial charge on any atom is 0.295 e. The average molecular weight is 296 g/mol. The van der Waals surface area contributed by atoms with Crippen LogP contribution in [-0.2, 0) is 0 Å². The second-order valence-corrected chi connectivity index (χ2v) is 6.14. The van der Waals surface area contributed by atoms with Crippen LogP contribution in [0.2, 0.25) is 0 Å². The zero-order valence-electron chi connectivity index (χ0n) is 12.4. The van der Waals surface area contributed by atoms with Gasteiger partial charge in [0.15, 0.2) is 0 Å². The largest absolute Gasteiger partial charge is 0.394 e. The van der Waals surface area contributed by atoms with Crippen LogP contribution in [-0.4, -0.2) is 22.2 Å². The van der Waals surface area contributed by atoms with Crippen LogP contribution in [0.15, 0.2) is 12.1 Å². The van der Waals surface area contributed by atoms with E-state index >= 15 is 0 Å². The summed E-state index contributed by atoms with van der Waals surface area (Å²) in [7, 11) is 0. The lowest BCUT2D eigenvalue weighted by atomic mass is 9.76. The van der Waals surface area contributed by atoms with Crippen LogP contribution in [0.25, 0.3) is 0 Å². The molecule has 1 aliphatic rings. The van der Waals surface area contributed by atoms with Crippen LogP contribution < -0.4 is 5.32 Å². The van der Waals surface area contributed by atoms with Crippen LogP contribution in [0.1, 0.15) is 38.2 Å². The van der Waals surface area contributed by atoms with E-state index in [0.29, 0.717) is 11.5 Å².